The van der Waals surface area contributed by atoms with Crippen molar-refractivity contribution >= 4 is 12.0 Å². The molecule has 2 unspecified atom stereocenters. The summed E-state index contributed by atoms with van der Waals surface area (Å²) < 4.78 is 0. The molecular formula is C14H24N2O3. The minimum atomic E-state index is -1.04. The van der Waals surface area contributed by atoms with E-state index in [1.54, 1.807) is 0 Å². The van der Waals surface area contributed by atoms with Gasteiger partial charge in [0.15, 0.2) is 0 Å². The normalized spacial score (nSPS) is 29.7. The van der Waals surface area contributed by atoms with Crippen molar-refractivity contribution in [2.45, 2.75) is 69.9 Å². The number of carbonyl (C=O) groups is 2. The lowest BCUT2D eigenvalue weighted by molar-refractivity contribution is -0.144. The summed E-state index contributed by atoms with van der Waals surface area (Å²) in [6.07, 6.45) is 7.30. The molecule has 0 spiro atoms. The predicted molar refractivity (Wildman–Crippen MR) is 71.9 cm³/mol. The van der Waals surface area contributed by atoms with Gasteiger partial charge in [0.2, 0.25) is 0 Å². The van der Waals surface area contributed by atoms with Crippen molar-refractivity contribution in [3.63, 3.8) is 0 Å². The molecule has 2 fully saturated rings. The highest BCUT2D eigenvalue weighted by Gasteiger charge is 2.43. The Morgan fingerprint density at radius 2 is 1.74 bits per heavy atom. The summed E-state index contributed by atoms with van der Waals surface area (Å²) in [6, 6.07) is -0.135. The highest BCUT2D eigenvalue weighted by molar-refractivity contribution is 5.86. The molecule has 0 heterocycles. The lowest BCUT2D eigenvalue weighted by Gasteiger charge is -2.32. The topological polar surface area (TPSA) is 78.4 Å². The smallest absolute Gasteiger partial charge is 0.329 e. The van der Waals surface area contributed by atoms with E-state index in [2.05, 4.69) is 17.6 Å². The van der Waals surface area contributed by atoms with Gasteiger partial charge < -0.3 is 15.7 Å². The molecule has 5 nitrogen and oxygen atoms in total. The Morgan fingerprint density at radius 3 is 2.32 bits per heavy atom. The van der Waals surface area contributed by atoms with E-state index >= 15 is 0 Å². The third-order valence-corrected chi connectivity index (χ3v) is 4.65. The van der Waals surface area contributed by atoms with Gasteiger partial charge in [-0.3, -0.25) is 0 Å². The van der Waals surface area contributed by atoms with Gasteiger partial charge in [-0.15, -0.1) is 0 Å². The van der Waals surface area contributed by atoms with Crippen LogP contribution in [0.1, 0.15) is 58.3 Å². The van der Waals surface area contributed by atoms with Gasteiger partial charge in [-0.2, -0.15) is 0 Å². The molecule has 0 radical (unpaired) electrons. The highest BCUT2D eigenvalue weighted by atomic mass is 16.4. The largest absolute Gasteiger partial charge is 0.480 e. The lowest BCUT2D eigenvalue weighted by Crippen LogP contribution is -2.57. The summed E-state index contributed by atoms with van der Waals surface area (Å²) >= 11 is 0. The Bertz CT molecular complexity index is 351. The molecule has 2 amide bonds. The number of carboxylic acids is 1. The number of urea groups is 1. The van der Waals surface area contributed by atoms with Crippen molar-refractivity contribution in [1.29, 1.82) is 0 Å². The molecule has 0 aromatic heterocycles. The molecule has 0 aromatic carbocycles. The van der Waals surface area contributed by atoms with E-state index in [1.165, 1.54) is 6.42 Å². The first-order chi connectivity index (χ1) is 9.03. The van der Waals surface area contributed by atoms with E-state index in [4.69, 9.17) is 0 Å². The molecule has 2 saturated carbocycles. The molecule has 19 heavy (non-hydrogen) atoms. The quantitative estimate of drug-likeness (QED) is 0.734. The van der Waals surface area contributed by atoms with Gasteiger partial charge in [-0.05, 0) is 31.6 Å². The fraction of sp³-hybridized carbons (Fsp3) is 0.857. The molecule has 2 rings (SSSR count). The van der Waals surface area contributed by atoms with Crippen LogP contribution < -0.4 is 10.6 Å². The molecule has 5 heteroatoms. The maximum Gasteiger partial charge on any atom is 0.329 e. The van der Waals surface area contributed by atoms with Crippen LogP contribution >= 0.6 is 0 Å². The highest BCUT2D eigenvalue weighted by Crippen LogP contribution is 2.30. The Morgan fingerprint density at radius 1 is 1.11 bits per heavy atom. The van der Waals surface area contributed by atoms with Crippen molar-refractivity contribution in [1.82, 2.24) is 10.6 Å². The van der Waals surface area contributed by atoms with E-state index in [0.29, 0.717) is 18.8 Å². The fourth-order valence-corrected chi connectivity index (χ4v) is 3.32. The number of aliphatic carboxylic acids is 1. The molecule has 0 saturated heterocycles. The number of amides is 2. The summed E-state index contributed by atoms with van der Waals surface area (Å²) in [5.41, 5.74) is -1.04. The van der Waals surface area contributed by atoms with Gasteiger partial charge in [0, 0.05) is 6.04 Å². The SMILES string of the molecule is CC1CCCCC1NC(=O)NC1(C(=O)O)CCCC1. The van der Waals surface area contributed by atoms with E-state index in [0.717, 1.165) is 32.1 Å². The number of hydrogen-bond acceptors (Lipinski definition) is 2. The van der Waals surface area contributed by atoms with Crippen molar-refractivity contribution in [3.8, 4) is 0 Å². The lowest BCUT2D eigenvalue weighted by atomic mass is 9.86. The summed E-state index contributed by atoms with van der Waals surface area (Å²) in [5.74, 6) is -0.430. The van der Waals surface area contributed by atoms with Crippen LogP contribution in [0.5, 0.6) is 0 Å². The fourth-order valence-electron chi connectivity index (χ4n) is 3.32. The van der Waals surface area contributed by atoms with Crippen LogP contribution in [0.3, 0.4) is 0 Å². The molecule has 108 valence electrons. The van der Waals surface area contributed by atoms with E-state index < -0.39 is 11.5 Å². The second-order valence-electron chi connectivity index (χ2n) is 6.06. The van der Waals surface area contributed by atoms with Crippen molar-refractivity contribution in [3.05, 3.63) is 0 Å². The second-order valence-corrected chi connectivity index (χ2v) is 6.06. The Hall–Kier alpha value is -1.26. The van der Waals surface area contributed by atoms with Gasteiger partial charge in [-0.25, -0.2) is 9.59 Å². The second kappa shape index (κ2) is 5.80. The van der Waals surface area contributed by atoms with E-state index in [9.17, 15) is 14.7 Å². The van der Waals surface area contributed by atoms with Gasteiger partial charge in [0.05, 0.1) is 0 Å². The first-order valence-electron chi connectivity index (χ1n) is 7.35. The molecule has 2 atom stereocenters. The van der Waals surface area contributed by atoms with E-state index in [1.807, 2.05) is 0 Å². The van der Waals surface area contributed by atoms with Crippen molar-refractivity contribution < 1.29 is 14.7 Å². The average molecular weight is 268 g/mol. The zero-order valence-corrected chi connectivity index (χ0v) is 11.6. The Labute approximate surface area is 114 Å². The molecule has 2 aliphatic carbocycles. The van der Waals surface area contributed by atoms with Gasteiger partial charge in [0.25, 0.3) is 0 Å². The van der Waals surface area contributed by atoms with Crippen molar-refractivity contribution in [2.75, 3.05) is 0 Å². The van der Waals surface area contributed by atoms with Gasteiger partial charge in [0.1, 0.15) is 5.54 Å². The number of hydrogen-bond donors (Lipinski definition) is 3. The minimum Gasteiger partial charge on any atom is -0.480 e. The minimum absolute atomic E-state index is 0.181. The molecule has 0 bridgehead atoms. The summed E-state index contributed by atoms with van der Waals surface area (Å²) in [7, 11) is 0. The first kappa shape index (κ1) is 14.2. The number of carboxylic acid groups (broad SMARTS) is 1. The molecule has 3 N–H and O–H groups in total. The zero-order valence-electron chi connectivity index (χ0n) is 11.6. The molecular weight excluding hydrogens is 244 g/mol. The number of carbonyl (C=O) groups excluding carboxylic acids is 1. The standard InChI is InChI=1S/C14H24N2O3/c1-10-6-2-3-7-11(10)15-13(19)16-14(12(17)18)8-4-5-9-14/h10-11H,2-9H2,1H3,(H,17,18)(H2,15,16,19). The van der Waals surface area contributed by atoms with Crippen LogP contribution in [0.4, 0.5) is 4.79 Å². The zero-order chi connectivity index (χ0) is 13.9. The summed E-state index contributed by atoms with van der Waals surface area (Å²) in [4.78, 5) is 23.4. The first-order valence-corrected chi connectivity index (χ1v) is 7.35. The van der Waals surface area contributed by atoms with Crippen LogP contribution in [0.2, 0.25) is 0 Å². The van der Waals surface area contributed by atoms with Crippen LogP contribution in [-0.2, 0) is 4.79 Å². The number of rotatable bonds is 3. The van der Waals surface area contributed by atoms with Crippen LogP contribution in [0.25, 0.3) is 0 Å². The Kier molecular flexibility index (Phi) is 4.32. The average Bonchev–Trinajstić information content (AvgIpc) is 2.82. The number of nitrogens with one attached hydrogen (secondary N) is 2. The monoisotopic (exact) mass is 268 g/mol. The van der Waals surface area contributed by atoms with Crippen molar-refractivity contribution in [2.24, 2.45) is 5.92 Å². The summed E-state index contributed by atoms with van der Waals surface area (Å²) in [6.45, 7) is 2.15. The van der Waals surface area contributed by atoms with Gasteiger partial charge in [-0.1, -0.05) is 32.6 Å². The maximum absolute atomic E-state index is 12.0. The van der Waals surface area contributed by atoms with Crippen LogP contribution in [0, 0.1) is 5.92 Å². The third-order valence-electron chi connectivity index (χ3n) is 4.65. The predicted octanol–water partition coefficient (Wildman–Crippen LogP) is 2.26. The molecule has 2 aliphatic rings. The Balaban J connectivity index is 1.91. The third kappa shape index (κ3) is 3.19. The molecule has 0 aromatic rings. The van der Waals surface area contributed by atoms with Crippen LogP contribution in [0.15, 0.2) is 0 Å². The summed E-state index contributed by atoms with van der Waals surface area (Å²) in [5, 5.41) is 15.0. The maximum atomic E-state index is 12.0. The van der Waals surface area contributed by atoms with Gasteiger partial charge >= 0.3 is 12.0 Å². The van der Waals surface area contributed by atoms with Crippen LogP contribution in [-0.4, -0.2) is 28.7 Å². The molecule has 0 aliphatic heterocycles. The van der Waals surface area contributed by atoms with E-state index in [-0.39, 0.29) is 12.1 Å².